The van der Waals surface area contributed by atoms with Crippen molar-refractivity contribution in [3.63, 3.8) is 0 Å². The van der Waals surface area contributed by atoms with Crippen LogP contribution >= 0.6 is 0 Å². The summed E-state index contributed by atoms with van der Waals surface area (Å²) in [5, 5.41) is 6.64. The van der Waals surface area contributed by atoms with Gasteiger partial charge in [0.2, 0.25) is 10.0 Å². The lowest BCUT2D eigenvalue weighted by Crippen LogP contribution is -2.71. The molecule has 2 aromatic heterocycles. The van der Waals surface area contributed by atoms with Crippen molar-refractivity contribution in [3.8, 4) is 12.3 Å². The minimum absolute atomic E-state index is 0.0895. The fraction of sp³-hybridized carbons (Fsp3) is 0.429. The number of nitrogens with one attached hydrogen (secondary N) is 2. The Balaban J connectivity index is 1.82. The van der Waals surface area contributed by atoms with E-state index in [1.807, 2.05) is 0 Å². The molecule has 3 atom stereocenters. The van der Waals surface area contributed by atoms with Crippen molar-refractivity contribution >= 4 is 34.4 Å². The van der Waals surface area contributed by atoms with Crippen molar-refractivity contribution in [2.75, 3.05) is 19.6 Å². The molecule has 1 saturated heterocycles. The number of rotatable bonds is 13. The third-order valence-electron chi connectivity index (χ3n) is 7.54. The fourth-order valence-corrected chi connectivity index (χ4v) is 6.56. The summed E-state index contributed by atoms with van der Waals surface area (Å²) in [5.41, 5.74) is 0.793. The Morgan fingerprint density at radius 3 is 1.94 bits per heavy atom. The van der Waals surface area contributed by atoms with E-state index in [0.29, 0.717) is 11.5 Å². The molecule has 0 saturated carbocycles. The summed E-state index contributed by atoms with van der Waals surface area (Å²) in [6, 6.07) is 10.8. The molecule has 53 heavy (non-hydrogen) atoms. The summed E-state index contributed by atoms with van der Waals surface area (Å²) in [6.45, 7) is 6.06. The first kappa shape index (κ1) is 40.1. The largest absolute Gasteiger partial charge is 0.467 e. The van der Waals surface area contributed by atoms with Crippen molar-refractivity contribution < 1.29 is 55.4 Å². The molecule has 0 bridgehead atoms. The number of benzene rings is 1. The maximum absolute atomic E-state index is 14.1. The third-order valence-corrected chi connectivity index (χ3v) is 9.36. The summed E-state index contributed by atoms with van der Waals surface area (Å²) >= 11 is 0. The minimum atomic E-state index is -4.40. The van der Waals surface area contributed by atoms with E-state index in [4.69, 9.17) is 34.2 Å². The second-order valence-corrected chi connectivity index (χ2v) is 14.3. The molecule has 18 heteroatoms. The molecule has 286 valence electrons. The van der Waals surface area contributed by atoms with E-state index in [1.54, 1.807) is 71.0 Å². The lowest BCUT2D eigenvalue weighted by Gasteiger charge is -2.49. The zero-order valence-electron chi connectivity index (χ0n) is 29.9. The number of alkyl carbamates (subject to hydrolysis) is 2. The van der Waals surface area contributed by atoms with Gasteiger partial charge in [-0.15, -0.1) is 6.42 Å². The summed E-state index contributed by atoms with van der Waals surface area (Å²) in [5.74, 6) is 3.09. The number of nitrogens with zero attached hydrogens (tertiary/aromatic N) is 3. The Morgan fingerprint density at radius 1 is 0.887 bits per heavy atom. The van der Waals surface area contributed by atoms with Gasteiger partial charge in [-0.25, -0.2) is 37.6 Å². The zero-order valence-corrected chi connectivity index (χ0v) is 30.7. The number of terminal acetylenes is 1. The van der Waals surface area contributed by atoms with Gasteiger partial charge in [0, 0.05) is 6.54 Å². The molecule has 1 aromatic carbocycles. The number of hydrogen-bond donors (Lipinski definition) is 2. The topological polar surface area (TPSA) is 199 Å². The Morgan fingerprint density at radius 2 is 1.43 bits per heavy atom. The van der Waals surface area contributed by atoms with Gasteiger partial charge < -0.3 is 38.4 Å². The first-order valence-electron chi connectivity index (χ1n) is 16.6. The van der Waals surface area contributed by atoms with Crippen molar-refractivity contribution in [2.45, 2.75) is 83.1 Å². The van der Waals surface area contributed by atoms with Crippen LogP contribution in [0.15, 0.2) is 74.8 Å². The number of amides is 4. The fourth-order valence-electron chi connectivity index (χ4n) is 5.19. The number of hydrazine groups is 1. The van der Waals surface area contributed by atoms with Gasteiger partial charge in [-0.3, -0.25) is 0 Å². The normalized spacial score (nSPS) is 17.3. The molecular weight excluding hydrogens is 714 g/mol. The molecule has 17 nitrogen and oxygen atoms in total. The first-order valence-corrected chi connectivity index (χ1v) is 18.1. The SMILES string of the molecule is C#CCN(C[C@@H]1[C@@H](OC(=O)NCc2ccco2)[C@@H](OC(=O)NCc2ccco2)CN(C(=O)OC(C)C)N1C(=O)OC(C)C)S(=O)(=O)c1ccc(C)cc1. The number of aryl methyl sites for hydroxylation is 1. The van der Waals surface area contributed by atoms with Crippen molar-refractivity contribution in [3.05, 3.63) is 78.1 Å². The number of furan rings is 2. The predicted molar refractivity (Wildman–Crippen MR) is 186 cm³/mol. The molecule has 0 radical (unpaired) electrons. The average Bonchev–Trinajstić information content (AvgIpc) is 3.82. The third kappa shape index (κ3) is 10.9. The van der Waals surface area contributed by atoms with E-state index < -0.39 is 84.5 Å². The number of carbonyl (C=O) groups is 4. The maximum atomic E-state index is 14.1. The Labute approximate surface area is 307 Å². The van der Waals surface area contributed by atoms with Crippen LogP contribution < -0.4 is 10.6 Å². The van der Waals surface area contributed by atoms with Gasteiger partial charge in [0.25, 0.3) is 0 Å². The number of carbonyl (C=O) groups excluding carboxylic acids is 4. The van der Waals surface area contributed by atoms with Crippen molar-refractivity contribution in [1.29, 1.82) is 0 Å². The molecule has 3 aromatic rings. The van der Waals surface area contributed by atoms with Gasteiger partial charge in [-0.2, -0.15) is 4.31 Å². The van der Waals surface area contributed by atoms with Gasteiger partial charge in [0.1, 0.15) is 17.6 Å². The standard InChI is InChI=1S/C35H43N5O12S/c1-7-16-38(53(45,46)28-14-12-25(6)13-15-28)21-29-31(52-33(42)37-20-27-11-9-18-48-27)30(51-32(41)36-19-26-10-8-17-47-26)22-39(34(43)49-23(2)3)40(29)35(44)50-24(4)5/h1,8-15,17-18,23-24,29-31H,16,19-22H2,2-6H3,(H,36,41)(H,37,42)/t29-,30+,31-/m1/s1. The van der Waals surface area contributed by atoms with Gasteiger partial charge in [0.15, 0.2) is 12.2 Å². The second kappa shape index (κ2) is 18.2. The van der Waals surface area contributed by atoms with Crippen LogP contribution in [0.3, 0.4) is 0 Å². The lowest BCUT2D eigenvalue weighted by atomic mass is 10.0. The summed E-state index contributed by atoms with van der Waals surface area (Å²) in [6.07, 6.45) is -0.353. The van der Waals surface area contributed by atoms with Crippen LogP contribution in [0, 0.1) is 19.3 Å². The summed E-state index contributed by atoms with van der Waals surface area (Å²) in [4.78, 5) is 54.1. The van der Waals surface area contributed by atoms with Crippen LogP contribution in [0.2, 0.25) is 0 Å². The van der Waals surface area contributed by atoms with Gasteiger partial charge in [-0.1, -0.05) is 23.6 Å². The molecule has 0 aliphatic carbocycles. The Kier molecular flexibility index (Phi) is 13.8. The van der Waals surface area contributed by atoms with Crippen LogP contribution in [0.1, 0.15) is 44.8 Å². The number of hydrogen-bond acceptors (Lipinski definition) is 12. The van der Waals surface area contributed by atoms with Crippen molar-refractivity contribution in [2.24, 2.45) is 0 Å². The summed E-state index contributed by atoms with van der Waals surface area (Å²) in [7, 11) is -4.40. The second-order valence-electron chi connectivity index (χ2n) is 12.4. The van der Waals surface area contributed by atoms with Crippen LogP contribution in [-0.2, 0) is 42.1 Å². The smallest absolute Gasteiger partial charge is 0.429 e. The number of sulfonamides is 1. The van der Waals surface area contributed by atoms with Gasteiger partial charge in [0.05, 0.1) is 55.8 Å². The highest BCUT2D eigenvalue weighted by atomic mass is 32.2. The van der Waals surface area contributed by atoms with Crippen molar-refractivity contribution in [1.82, 2.24) is 25.0 Å². The first-order chi connectivity index (χ1) is 25.2. The monoisotopic (exact) mass is 757 g/mol. The van der Waals surface area contributed by atoms with Crippen LogP contribution in [0.5, 0.6) is 0 Å². The molecule has 4 rings (SSSR count). The minimum Gasteiger partial charge on any atom is -0.467 e. The highest BCUT2D eigenvalue weighted by Gasteiger charge is 2.53. The summed E-state index contributed by atoms with van der Waals surface area (Å²) < 4.78 is 62.2. The van der Waals surface area contributed by atoms with E-state index in [2.05, 4.69) is 16.6 Å². The maximum Gasteiger partial charge on any atom is 0.429 e. The van der Waals surface area contributed by atoms with Crippen LogP contribution in [0.4, 0.5) is 19.2 Å². The molecule has 1 fully saturated rings. The highest BCUT2D eigenvalue weighted by molar-refractivity contribution is 7.89. The van der Waals surface area contributed by atoms with E-state index in [9.17, 15) is 27.6 Å². The molecule has 0 unspecified atom stereocenters. The van der Waals surface area contributed by atoms with E-state index in [0.717, 1.165) is 19.9 Å². The predicted octanol–water partition coefficient (Wildman–Crippen LogP) is 4.39. The van der Waals surface area contributed by atoms with E-state index in [-0.39, 0.29) is 18.0 Å². The Hall–Kier alpha value is -5.67. The lowest BCUT2D eigenvalue weighted by molar-refractivity contribution is -0.161. The van der Waals surface area contributed by atoms with E-state index >= 15 is 0 Å². The quantitative estimate of drug-likeness (QED) is 0.185. The van der Waals surface area contributed by atoms with Gasteiger partial charge in [-0.05, 0) is 71.0 Å². The number of ether oxygens (including phenoxy) is 4. The molecule has 4 amide bonds. The molecule has 0 spiro atoms. The highest BCUT2D eigenvalue weighted by Crippen LogP contribution is 2.29. The van der Waals surface area contributed by atoms with Crippen LogP contribution in [-0.4, -0.2) is 97.2 Å². The Bertz CT molecular complexity index is 1820. The average molecular weight is 758 g/mol. The zero-order chi connectivity index (χ0) is 38.7. The molecule has 3 heterocycles. The van der Waals surface area contributed by atoms with E-state index in [1.165, 1.54) is 24.7 Å². The van der Waals surface area contributed by atoms with Gasteiger partial charge >= 0.3 is 24.4 Å². The molecule has 2 N–H and O–H groups in total. The molecule has 1 aliphatic heterocycles. The molecule has 1 aliphatic rings. The van der Waals surface area contributed by atoms with Crippen LogP contribution in [0.25, 0.3) is 0 Å². The molecular formula is C35H43N5O12S.